The normalized spacial score (nSPS) is 20.7. The van der Waals surface area contributed by atoms with Crippen LogP contribution < -0.4 is 4.74 Å². The van der Waals surface area contributed by atoms with E-state index in [0.717, 1.165) is 0 Å². The number of nitrogens with zero attached hydrogens (tertiary/aromatic N) is 1. The molecule has 7 heteroatoms. The Balaban J connectivity index is 2.38. The fourth-order valence-corrected chi connectivity index (χ4v) is 4.62. The SMILES string of the molecule is COc1ccc(F)cc1C1CC(O[Si](C)(C)C(C)(C)C)CN1C(=O)OC(C)(C)C. The van der Waals surface area contributed by atoms with Crippen LogP contribution in [-0.2, 0) is 9.16 Å². The van der Waals surface area contributed by atoms with Crippen LogP contribution in [0.4, 0.5) is 9.18 Å². The summed E-state index contributed by atoms with van der Waals surface area (Å²) in [5, 5.41) is 0.0539. The molecule has 1 aromatic carbocycles. The van der Waals surface area contributed by atoms with E-state index >= 15 is 0 Å². The molecule has 0 saturated carbocycles. The van der Waals surface area contributed by atoms with Crippen LogP contribution in [0.25, 0.3) is 0 Å². The van der Waals surface area contributed by atoms with Crippen LogP contribution in [0.5, 0.6) is 5.75 Å². The smallest absolute Gasteiger partial charge is 0.410 e. The maximum absolute atomic E-state index is 14.0. The van der Waals surface area contributed by atoms with Gasteiger partial charge in [-0.2, -0.15) is 0 Å². The van der Waals surface area contributed by atoms with Crippen molar-refractivity contribution in [3.8, 4) is 5.75 Å². The standard InChI is InChI=1S/C22H36FNO4Si/c1-21(2,3)27-20(25)24-14-16(28-29(8,9)22(4,5)6)13-18(24)17-12-15(23)10-11-19(17)26-7/h10-12,16,18H,13-14H2,1-9H3. The summed E-state index contributed by atoms with van der Waals surface area (Å²) in [5.74, 6) is 0.191. The number of ether oxygens (including phenoxy) is 2. The van der Waals surface area contributed by atoms with E-state index in [1.807, 2.05) is 20.8 Å². The van der Waals surface area contributed by atoms with E-state index in [-0.39, 0.29) is 23.0 Å². The van der Waals surface area contributed by atoms with E-state index in [2.05, 4.69) is 33.9 Å². The molecule has 2 atom stereocenters. The highest BCUT2D eigenvalue weighted by atomic mass is 28.4. The van der Waals surface area contributed by atoms with Gasteiger partial charge in [-0.1, -0.05) is 20.8 Å². The number of carbonyl (C=O) groups is 1. The van der Waals surface area contributed by atoms with Gasteiger partial charge in [0, 0.05) is 12.1 Å². The quantitative estimate of drug-likeness (QED) is 0.563. The minimum absolute atomic E-state index is 0.0539. The number of hydrogen-bond donors (Lipinski definition) is 0. The monoisotopic (exact) mass is 425 g/mol. The molecule has 5 nitrogen and oxygen atoms in total. The number of rotatable bonds is 4. The predicted molar refractivity (Wildman–Crippen MR) is 115 cm³/mol. The van der Waals surface area contributed by atoms with Gasteiger partial charge >= 0.3 is 6.09 Å². The molecule has 0 bridgehead atoms. The zero-order valence-electron chi connectivity index (χ0n) is 19.3. The topological polar surface area (TPSA) is 48.0 Å². The van der Waals surface area contributed by atoms with E-state index in [4.69, 9.17) is 13.9 Å². The summed E-state index contributed by atoms with van der Waals surface area (Å²) in [6, 6.07) is 4.03. The van der Waals surface area contributed by atoms with Crippen LogP contribution in [0, 0.1) is 5.82 Å². The zero-order valence-corrected chi connectivity index (χ0v) is 20.3. The highest BCUT2D eigenvalue weighted by Crippen LogP contribution is 2.43. The average Bonchev–Trinajstić information content (AvgIpc) is 2.95. The molecule has 1 fully saturated rings. The summed E-state index contributed by atoms with van der Waals surface area (Å²) in [4.78, 5) is 14.6. The summed E-state index contributed by atoms with van der Waals surface area (Å²) in [6.45, 7) is 16.9. The summed E-state index contributed by atoms with van der Waals surface area (Å²) in [6.07, 6.45) is 0.0162. The van der Waals surface area contributed by atoms with Crippen molar-refractivity contribution in [2.75, 3.05) is 13.7 Å². The van der Waals surface area contributed by atoms with Crippen LogP contribution >= 0.6 is 0 Å². The lowest BCUT2D eigenvalue weighted by molar-refractivity contribution is 0.0207. The molecular formula is C22H36FNO4Si. The lowest BCUT2D eigenvalue weighted by atomic mass is 10.0. The van der Waals surface area contributed by atoms with Crippen molar-refractivity contribution in [3.05, 3.63) is 29.6 Å². The van der Waals surface area contributed by atoms with Crippen LogP contribution in [0.2, 0.25) is 18.1 Å². The Morgan fingerprint density at radius 1 is 1.17 bits per heavy atom. The number of carbonyl (C=O) groups excluding carboxylic acids is 1. The number of hydrogen-bond acceptors (Lipinski definition) is 4. The molecule has 29 heavy (non-hydrogen) atoms. The van der Waals surface area contributed by atoms with Gasteiger partial charge in [-0.05, 0) is 63.5 Å². The third-order valence-corrected chi connectivity index (χ3v) is 10.2. The average molecular weight is 426 g/mol. The minimum atomic E-state index is -2.03. The maximum atomic E-state index is 14.0. The van der Waals surface area contributed by atoms with E-state index < -0.39 is 20.0 Å². The fourth-order valence-electron chi connectivity index (χ4n) is 3.26. The lowest BCUT2D eigenvalue weighted by Crippen LogP contribution is -2.45. The Hall–Kier alpha value is -1.60. The predicted octanol–water partition coefficient (Wildman–Crippen LogP) is 5.91. The van der Waals surface area contributed by atoms with Gasteiger partial charge in [0.15, 0.2) is 8.32 Å². The van der Waals surface area contributed by atoms with Gasteiger partial charge in [-0.15, -0.1) is 0 Å². The number of benzene rings is 1. The van der Waals surface area contributed by atoms with Crippen molar-refractivity contribution in [3.63, 3.8) is 0 Å². The molecule has 1 saturated heterocycles. The van der Waals surface area contributed by atoms with Crippen LogP contribution in [-0.4, -0.2) is 44.7 Å². The largest absolute Gasteiger partial charge is 0.496 e. The van der Waals surface area contributed by atoms with Gasteiger partial charge in [0.25, 0.3) is 0 Å². The molecule has 0 N–H and O–H groups in total. The minimum Gasteiger partial charge on any atom is -0.496 e. The Morgan fingerprint density at radius 2 is 1.79 bits per heavy atom. The van der Waals surface area contributed by atoms with Gasteiger partial charge in [0.05, 0.1) is 19.3 Å². The summed E-state index contributed by atoms with van der Waals surface area (Å²) in [7, 11) is -0.480. The molecule has 1 amide bonds. The first-order valence-electron chi connectivity index (χ1n) is 10.2. The molecule has 0 aromatic heterocycles. The van der Waals surface area contributed by atoms with E-state index in [9.17, 15) is 9.18 Å². The molecular weight excluding hydrogens is 389 g/mol. The maximum Gasteiger partial charge on any atom is 0.410 e. The number of likely N-dealkylation sites (tertiary alicyclic amines) is 1. The van der Waals surface area contributed by atoms with Gasteiger partial charge in [-0.25, -0.2) is 9.18 Å². The van der Waals surface area contributed by atoms with Gasteiger partial charge in [-0.3, -0.25) is 4.90 Å². The Morgan fingerprint density at radius 3 is 2.31 bits per heavy atom. The molecule has 1 heterocycles. The van der Waals surface area contributed by atoms with E-state index in [0.29, 0.717) is 24.3 Å². The highest BCUT2D eigenvalue weighted by Gasteiger charge is 2.45. The second-order valence-electron chi connectivity index (χ2n) is 10.3. The van der Waals surface area contributed by atoms with Crippen LogP contribution in [0.3, 0.4) is 0 Å². The second-order valence-corrected chi connectivity index (χ2v) is 15.0. The summed E-state index contributed by atoms with van der Waals surface area (Å²) in [5.41, 5.74) is 0.0196. The van der Waals surface area contributed by atoms with E-state index in [1.165, 1.54) is 12.1 Å². The van der Waals surface area contributed by atoms with Crippen molar-refractivity contribution in [2.45, 2.75) is 83.8 Å². The molecule has 0 radical (unpaired) electrons. The first-order chi connectivity index (χ1) is 13.1. The molecule has 1 aliphatic heterocycles. The zero-order chi connectivity index (χ0) is 22.2. The molecule has 1 aromatic rings. The molecule has 1 aliphatic rings. The van der Waals surface area contributed by atoms with Crippen molar-refractivity contribution in [1.29, 1.82) is 0 Å². The number of halogens is 1. The third-order valence-electron chi connectivity index (χ3n) is 5.71. The van der Waals surface area contributed by atoms with Crippen molar-refractivity contribution in [1.82, 2.24) is 4.90 Å². The molecule has 2 unspecified atom stereocenters. The van der Waals surface area contributed by atoms with E-state index in [1.54, 1.807) is 18.1 Å². The third kappa shape index (κ3) is 5.72. The van der Waals surface area contributed by atoms with Gasteiger partial charge < -0.3 is 13.9 Å². The van der Waals surface area contributed by atoms with Crippen LogP contribution in [0.15, 0.2) is 18.2 Å². The Kier molecular flexibility index (Phi) is 6.74. The Labute approximate surface area is 175 Å². The first kappa shape index (κ1) is 23.7. The Bertz CT molecular complexity index is 739. The molecule has 164 valence electrons. The highest BCUT2D eigenvalue weighted by molar-refractivity contribution is 6.74. The fraction of sp³-hybridized carbons (Fsp3) is 0.682. The van der Waals surface area contributed by atoms with Gasteiger partial charge in [0.1, 0.15) is 17.2 Å². The molecule has 2 rings (SSSR count). The van der Waals surface area contributed by atoms with Crippen molar-refractivity contribution in [2.24, 2.45) is 0 Å². The molecule has 0 aliphatic carbocycles. The van der Waals surface area contributed by atoms with Gasteiger partial charge in [0.2, 0.25) is 0 Å². The lowest BCUT2D eigenvalue weighted by Gasteiger charge is -2.38. The number of methoxy groups -OCH3 is 1. The second kappa shape index (κ2) is 8.26. The van der Waals surface area contributed by atoms with Crippen LogP contribution in [0.1, 0.15) is 59.6 Å². The first-order valence-corrected chi connectivity index (χ1v) is 13.1. The molecule has 0 spiro atoms. The summed E-state index contributed by atoms with van der Waals surface area (Å²) >= 11 is 0. The van der Waals surface area contributed by atoms with Crippen molar-refractivity contribution >= 4 is 14.4 Å². The van der Waals surface area contributed by atoms with Crippen molar-refractivity contribution < 1.29 is 23.1 Å². The number of amides is 1. The summed E-state index contributed by atoms with van der Waals surface area (Å²) < 4.78 is 31.7.